The van der Waals surface area contributed by atoms with Gasteiger partial charge in [-0.2, -0.15) is 0 Å². The van der Waals surface area contributed by atoms with Crippen molar-refractivity contribution < 1.29 is 33.7 Å². The van der Waals surface area contributed by atoms with E-state index in [0.29, 0.717) is 49.6 Å². The molecule has 0 atom stereocenters. The number of phenolic OH excluding ortho intramolecular Hbond substituents is 1. The van der Waals surface area contributed by atoms with Crippen molar-refractivity contribution in [1.29, 1.82) is 0 Å². The Balaban J connectivity index is 1.30. The van der Waals surface area contributed by atoms with Crippen molar-refractivity contribution in [2.24, 2.45) is 0 Å². The number of ether oxygens (including phenoxy) is 3. The van der Waals surface area contributed by atoms with E-state index >= 15 is 0 Å². The topological polar surface area (TPSA) is 133 Å². The van der Waals surface area contributed by atoms with Crippen LogP contribution in [0.4, 0.5) is 9.59 Å². The molecular weight excluding hydrogens is 564 g/mol. The molecule has 0 saturated carbocycles. The standard InChI is InChI=1S/C33H40N4O7/c1-32(2,3)43-30(40)35-17-20-8-7-9-22-21(18-34-27(20)22)16-26-28(39)23-10-11-25(38)24(29(23)42-26)19-36-12-14-37(15-13-36)31(41)44-33(4,5)6/h7-11,16,18,34,38H,12-15,17,19H2,1-6H3,(H,35,40)/b26-16-. The van der Waals surface area contributed by atoms with Crippen LogP contribution < -0.4 is 10.1 Å². The Kier molecular flexibility index (Phi) is 8.35. The summed E-state index contributed by atoms with van der Waals surface area (Å²) < 4.78 is 16.9. The Hall–Kier alpha value is -4.51. The van der Waals surface area contributed by atoms with Crippen LogP contribution in [0.15, 0.2) is 42.3 Å². The smallest absolute Gasteiger partial charge is 0.410 e. The number of Topliss-reactive ketones (excluding diaryl/α,β-unsaturated/α-hetero) is 1. The fourth-order valence-electron chi connectivity index (χ4n) is 5.22. The summed E-state index contributed by atoms with van der Waals surface area (Å²) >= 11 is 0. The van der Waals surface area contributed by atoms with Gasteiger partial charge in [0.05, 0.1) is 16.6 Å². The molecule has 2 aromatic carbocycles. The number of aromatic nitrogens is 1. The lowest BCUT2D eigenvalue weighted by molar-refractivity contribution is 0.0137. The fraction of sp³-hybridized carbons (Fsp3) is 0.424. The molecule has 2 amide bonds. The highest BCUT2D eigenvalue weighted by Crippen LogP contribution is 2.40. The number of carbonyl (C=O) groups excluding carboxylic acids is 3. The molecular formula is C33H40N4O7. The maximum absolute atomic E-state index is 13.4. The molecule has 0 aliphatic carbocycles. The minimum Gasteiger partial charge on any atom is -0.507 e. The van der Waals surface area contributed by atoms with Crippen molar-refractivity contribution in [2.45, 2.75) is 65.8 Å². The van der Waals surface area contributed by atoms with Gasteiger partial charge in [0, 0.05) is 56.4 Å². The lowest BCUT2D eigenvalue weighted by atomic mass is 10.0. The Morgan fingerprint density at radius 1 is 1.02 bits per heavy atom. The average Bonchev–Trinajstić information content (AvgIpc) is 3.48. The van der Waals surface area contributed by atoms with Crippen molar-refractivity contribution >= 4 is 34.9 Å². The number of hydrogen-bond acceptors (Lipinski definition) is 8. The van der Waals surface area contributed by atoms with E-state index in [4.69, 9.17) is 14.2 Å². The number of phenols is 1. The fourth-order valence-corrected chi connectivity index (χ4v) is 5.22. The number of piperazine rings is 1. The SMILES string of the molecule is CC(C)(C)OC(=O)NCc1cccc2c(/C=C3\Oc4c(ccc(O)c4CN4CCN(C(=O)OC(C)(C)C)CC4)C3=O)c[nH]c12. The molecule has 3 heterocycles. The first kappa shape index (κ1) is 30.9. The first-order chi connectivity index (χ1) is 20.7. The maximum atomic E-state index is 13.4. The number of fused-ring (bicyclic) bond motifs is 2. The third-order valence-corrected chi connectivity index (χ3v) is 7.26. The summed E-state index contributed by atoms with van der Waals surface area (Å²) in [6.07, 6.45) is 2.63. The van der Waals surface area contributed by atoms with Crippen molar-refractivity contribution in [3.05, 3.63) is 64.5 Å². The monoisotopic (exact) mass is 604 g/mol. The number of hydrogen-bond donors (Lipinski definition) is 3. The molecule has 5 rings (SSSR count). The van der Waals surface area contributed by atoms with Crippen molar-refractivity contribution in [3.8, 4) is 11.5 Å². The predicted octanol–water partition coefficient (Wildman–Crippen LogP) is 5.57. The summed E-state index contributed by atoms with van der Waals surface area (Å²) in [6.45, 7) is 13.7. The number of nitrogens with zero attached hydrogens (tertiary/aromatic N) is 2. The summed E-state index contributed by atoms with van der Waals surface area (Å²) in [7, 11) is 0. The first-order valence-electron chi connectivity index (χ1n) is 14.7. The third kappa shape index (κ3) is 6.99. The van der Waals surface area contributed by atoms with Crippen LogP contribution in [0, 0.1) is 0 Å². The van der Waals surface area contributed by atoms with E-state index in [1.54, 1.807) is 23.2 Å². The number of allylic oxidation sites excluding steroid dienone is 1. The van der Waals surface area contributed by atoms with Crippen molar-refractivity contribution in [1.82, 2.24) is 20.1 Å². The molecule has 0 unspecified atom stereocenters. The zero-order valence-corrected chi connectivity index (χ0v) is 26.1. The molecule has 1 fully saturated rings. The van der Waals surface area contributed by atoms with Gasteiger partial charge in [-0.25, -0.2) is 9.59 Å². The quantitative estimate of drug-likeness (QED) is 0.322. The van der Waals surface area contributed by atoms with Gasteiger partial charge >= 0.3 is 12.2 Å². The van der Waals surface area contributed by atoms with Gasteiger partial charge in [-0.3, -0.25) is 9.69 Å². The molecule has 1 aromatic heterocycles. The molecule has 3 aromatic rings. The molecule has 11 nitrogen and oxygen atoms in total. The van der Waals surface area contributed by atoms with E-state index in [0.717, 1.165) is 22.0 Å². The Labute approximate surface area is 256 Å². The largest absolute Gasteiger partial charge is 0.507 e. The summed E-state index contributed by atoms with van der Waals surface area (Å²) in [5, 5.41) is 14.4. The number of benzene rings is 2. The van der Waals surface area contributed by atoms with E-state index in [1.165, 1.54) is 6.07 Å². The van der Waals surface area contributed by atoms with E-state index in [-0.39, 0.29) is 29.9 Å². The van der Waals surface area contributed by atoms with Gasteiger partial charge in [0.15, 0.2) is 5.76 Å². The van der Waals surface area contributed by atoms with Crippen LogP contribution in [0.2, 0.25) is 0 Å². The lowest BCUT2D eigenvalue weighted by Crippen LogP contribution is -2.49. The third-order valence-electron chi connectivity index (χ3n) is 7.26. The minimum absolute atomic E-state index is 0.0431. The number of H-pyrrole nitrogens is 1. The van der Waals surface area contributed by atoms with Gasteiger partial charge in [-0.15, -0.1) is 0 Å². The second-order valence-electron chi connectivity index (χ2n) is 13.1. The average molecular weight is 605 g/mol. The van der Waals surface area contributed by atoms with Gasteiger partial charge in [0.25, 0.3) is 0 Å². The molecule has 3 N–H and O–H groups in total. The summed E-state index contributed by atoms with van der Waals surface area (Å²) in [5.74, 6) is 0.271. The number of nitrogens with one attached hydrogen (secondary N) is 2. The Bertz CT molecular complexity index is 1620. The number of amides is 2. The number of aromatic amines is 1. The highest BCUT2D eigenvalue weighted by Gasteiger charge is 2.33. The maximum Gasteiger partial charge on any atom is 0.410 e. The van der Waals surface area contributed by atoms with E-state index in [1.807, 2.05) is 59.7 Å². The van der Waals surface area contributed by atoms with E-state index in [9.17, 15) is 19.5 Å². The van der Waals surface area contributed by atoms with Crippen LogP contribution in [0.5, 0.6) is 11.5 Å². The van der Waals surface area contributed by atoms with E-state index in [2.05, 4.69) is 15.2 Å². The summed E-state index contributed by atoms with van der Waals surface area (Å²) in [4.78, 5) is 45.0. The molecule has 44 heavy (non-hydrogen) atoms. The summed E-state index contributed by atoms with van der Waals surface area (Å²) in [6, 6.07) is 8.81. The number of ketones is 1. The molecule has 234 valence electrons. The molecule has 11 heteroatoms. The van der Waals surface area contributed by atoms with Gasteiger partial charge in [0.2, 0.25) is 5.78 Å². The normalized spacial score (nSPS) is 16.6. The highest BCUT2D eigenvalue weighted by atomic mass is 16.6. The van der Waals surface area contributed by atoms with Crippen LogP contribution in [-0.4, -0.2) is 75.2 Å². The van der Waals surface area contributed by atoms with Crippen LogP contribution in [-0.2, 0) is 22.6 Å². The Morgan fingerprint density at radius 3 is 2.41 bits per heavy atom. The van der Waals surface area contributed by atoms with Gasteiger partial charge in [-0.05, 0) is 65.3 Å². The van der Waals surface area contributed by atoms with Crippen LogP contribution >= 0.6 is 0 Å². The second kappa shape index (κ2) is 11.9. The number of rotatable bonds is 5. The molecule has 0 bridgehead atoms. The van der Waals surface area contributed by atoms with Gasteiger partial charge < -0.3 is 34.5 Å². The second-order valence-corrected chi connectivity index (χ2v) is 13.1. The number of para-hydroxylation sites is 1. The van der Waals surface area contributed by atoms with E-state index < -0.39 is 17.3 Å². The van der Waals surface area contributed by atoms with Crippen molar-refractivity contribution in [3.63, 3.8) is 0 Å². The zero-order valence-electron chi connectivity index (χ0n) is 26.1. The molecule has 2 aliphatic rings. The van der Waals surface area contributed by atoms with Crippen LogP contribution in [0.1, 0.15) is 68.6 Å². The lowest BCUT2D eigenvalue weighted by Gasteiger charge is -2.35. The number of carbonyl (C=O) groups is 3. The molecule has 0 spiro atoms. The molecule has 0 radical (unpaired) electrons. The number of aromatic hydroxyl groups is 1. The molecule has 1 saturated heterocycles. The van der Waals surface area contributed by atoms with Gasteiger partial charge in [0.1, 0.15) is 22.7 Å². The predicted molar refractivity (Wildman–Crippen MR) is 165 cm³/mol. The zero-order chi connectivity index (χ0) is 31.8. The minimum atomic E-state index is -0.597. The molecule has 2 aliphatic heterocycles. The Morgan fingerprint density at radius 2 is 1.73 bits per heavy atom. The van der Waals surface area contributed by atoms with Crippen molar-refractivity contribution in [2.75, 3.05) is 26.2 Å². The summed E-state index contributed by atoms with van der Waals surface area (Å²) in [5.41, 5.74) is 2.19. The van der Waals surface area contributed by atoms with Gasteiger partial charge in [-0.1, -0.05) is 18.2 Å². The first-order valence-corrected chi connectivity index (χ1v) is 14.7. The number of alkyl carbamates (subject to hydrolysis) is 1. The van der Waals surface area contributed by atoms with Crippen LogP contribution in [0.25, 0.3) is 17.0 Å². The van der Waals surface area contributed by atoms with Crippen LogP contribution in [0.3, 0.4) is 0 Å². The highest BCUT2D eigenvalue weighted by molar-refractivity contribution is 6.15.